The van der Waals surface area contributed by atoms with E-state index in [1.54, 1.807) is 12.4 Å². The van der Waals surface area contributed by atoms with E-state index in [0.717, 1.165) is 49.8 Å². The van der Waals surface area contributed by atoms with Crippen LogP contribution in [0.4, 0.5) is 11.8 Å². The average Bonchev–Trinajstić information content (AvgIpc) is 3.12. The van der Waals surface area contributed by atoms with Crippen molar-refractivity contribution in [2.45, 2.75) is 42.5 Å². The Labute approximate surface area is 181 Å². The first-order valence-corrected chi connectivity index (χ1v) is 11.7. The maximum atomic E-state index is 12.5. The monoisotopic (exact) mass is 444 g/mol. The first-order chi connectivity index (χ1) is 14.6. The summed E-state index contributed by atoms with van der Waals surface area (Å²) in [6.45, 7) is 1.35. The second-order valence-electron chi connectivity index (χ2n) is 7.85. The smallest absolute Gasteiger partial charge is 0.227 e. The highest BCUT2D eigenvalue weighted by molar-refractivity contribution is 7.85. The number of hydrogen-bond acceptors (Lipinski definition) is 8. The number of hydrogen-bond donors (Lipinski definition) is 1. The Morgan fingerprint density at radius 2 is 2.00 bits per heavy atom. The lowest BCUT2D eigenvalue weighted by atomic mass is 9.78. The fraction of sp³-hybridized carbons (Fsp3) is 0.450. The normalized spacial score (nSPS) is 22.1. The maximum absolute atomic E-state index is 12.5. The van der Waals surface area contributed by atoms with Gasteiger partial charge in [-0.25, -0.2) is 15.0 Å². The molecule has 1 N–H and O–H groups in total. The lowest BCUT2D eigenvalue weighted by Crippen LogP contribution is -2.47. The number of carbonyl (C=O) groups excluding carboxylic acids is 1. The summed E-state index contributed by atoms with van der Waals surface area (Å²) in [5.41, 5.74) is 1.29. The average molecular weight is 445 g/mol. The highest BCUT2D eigenvalue weighted by atomic mass is 35.5. The van der Waals surface area contributed by atoms with E-state index < -0.39 is 16.3 Å². The van der Waals surface area contributed by atoms with Crippen molar-refractivity contribution in [3.8, 4) is 0 Å². The molecule has 156 valence electrons. The van der Waals surface area contributed by atoms with Crippen molar-refractivity contribution >= 4 is 46.0 Å². The number of aryl methyl sites for hydroxylation is 1. The van der Waals surface area contributed by atoms with Crippen molar-refractivity contribution in [3.63, 3.8) is 0 Å². The van der Waals surface area contributed by atoms with Crippen molar-refractivity contribution < 1.29 is 9.00 Å². The minimum atomic E-state index is -1.13. The summed E-state index contributed by atoms with van der Waals surface area (Å²) >= 11 is 5.88. The molecule has 1 aliphatic carbocycles. The van der Waals surface area contributed by atoms with E-state index in [2.05, 4.69) is 26.3 Å². The maximum Gasteiger partial charge on any atom is 0.227 e. The van der Waals surface area contributed by atoms with Crippen molar-refractivity contribution in [2.75, 3.05) is 29.1 Å². The third kappa shape index (κ3) is 3.50. The molecule has 0 radical (unpaired) electrons. The van der Waals surface area contributed by atoms with Gasteiger partial charge in [-0.1, -0.05) is 17.7 Å². The molecule has 8 nitrogen and oxygen atoms in total. The van der Waals surface area contributed by atoms with Crippen LogP contribution in [-0.2, 0) is 22.0 Å². The summed E-state index contributed by atoms with van der Waals surface area (Å²) in [5.74, 6) is 2.38. The molecule has 1 saturated carbocycles. The van der Waals surface area contributed by atoms with Crippen molar-refractivity contribution in [2.24, 2.45) is 0 Å². The molecule has 1 atom stereocenters. The first-order valence-electron chi connectivity index (χ1n) is 10.0. The highest BCUT2D eigenvalue weighted by Crippen LogP contribution is 2.37. The molecule has 0 spiro atoms. The number of rotatable bonds is 5. The number of nitrogens with one attached hydrogen (secondary N) is 1. The number of aldehydes is 1. The zero-order valence-electron chi connectivity index (χ0n) is 16.3. The molecule has 0 unspecified atom stereocenters. The van der Waals surface area contributed by atoms with Crippen LogP contribution in [0.3, 0.4) is 0 Å². The van der Waals surface area contributed by atoms with Crippen LogP contribution in [0, 0.1) is 0 Å². The predicted molar refractivity (Wildman–Crippen MR) is 115 cm³/mol. The zero-order chi connectivity index (χ0) is 20.7. The van der Waals surface area contributed by atoms with Gasteiger partial charge < -0.3 is 15.0 Å². The lowest BCUT2D eigenvalue weighted by molar-refractivity contribution is -0.113. The second kappa shape index (κ2) is 7.70. The molecular weight excluding hydrogens is 424 g/mol. The fourth-order valence-corrected chi connectivity index (χ4v) is 5.41. The van der Waals surface area contributed by atoms with Gasteiger partial charge in [0, 0.05) is 37.7 Å². The van der Waals surface area contributed by atoms with Gasteiger partial charge in [-0.15, -0.1) is 0 Å². The van der Waals surface area contributed by atoms with Crippen LogP contribution in [0.15, 0.2) is 23.4 Å². The molecular formula is C20H21ClN6O2S. The van der Waals surface area contributed by atoms with Crippen LogP contribution in [-0.4, -0.2) is 54.8 Å². The predicted octanol–water partition coefficient (Wildman–Crippen LogP) is 2.41. The van der Waals surface area contributed by atoms with Crippen LogP contribution in [0.25, 0.3) is 5.57 Å². The number of aromatic nitrogens is 4. The van der Waals surface area contributed by atoms with Gasteiger partial charge in [0.1, 0.15) is 17.0 Å². The molecule has 1 fully saturated rings. The Hall–Kier alpha value is -2.39. The van der Waals surface area contributed by atoms with Crippen LogP contribution in [0.5, 0.6) is 0 Å². The Kier molecular flexibility index (Phi) is 5.02. The van der Waals surface area contributed by atoms with Gasteiger partial charge in [0.2, 0.25) is 5.95 Å². The number of nitrogens with zero attached hydrogens (tertiary/aromatic N) is 5. The topological polar surface area (TPSA) is 101 Å². The Balaban J connectivity index is 1.42. The van der Waals surface area contributed by atoms with Gasteiger partial charge >= 0.3 is 0 Å². The number of halogens is 1. The van der Waals surface area contributed by atoms with Gasteiger partial charge in [0.25, 0.3) is 0 Å². The Bertz CT molecular complexity index is 1050. The van der Waals surface area contributed by atoms with Crippen LogP contribution >= 0.6 is 11.6 Å². The molecule has 0 aromatic carbocycles. The molecule has 3 aliphatic rings. The van der Waals surface area contributed by atoms with E-state index in [-0.39, 0.29) is 0 Å². The van der Waals surface area contributed by atoms with Crippen molar-refractivity contribution in [1.82, 2.24) is 19.9 Å². The summed E-state index contributed by atoms with van der Waals surface area (Å²) in [5, 5.41) is 3.82. The minimum Gasteiger partial charge on any atom is -0.357 e. The lowest BCUT2D eigenvalue weighted by Gasteiger charge is -2.38. The third-order valence-electron chi connectivity index (χ3n) is 5.91. The second-order valence-corrected chi connectivity index (χ2v) is 9.79. The van der Waals surface area contributed by atoms with E-state index in [0.29, 0.717) is 46.2 Å². The van der Waals surface area contributed by atoms with Gasteiger partial charge in [-0.2, -0.15) is 4.98 Å². The Morgan fingerprint density at radius 3 is 2.63 bits per heavy atom. The quantitative estimate of drug-likeness (QED) is 0.701. The molecule has 10 heteroatoms. The van der Waals surface area contributed by atoms with Gasteiger partial charge in [0.15, 0.2) is 5.82 Å². The van der Waals surface area contributed by atoms with E-state index >= 15 is 0 Å². The van der Waals surface area contributed by atoms with Crippen LogP contribution < -0.4 is 10.2 Å². The Morgan fingerprint density at radius 1 is 1.20 bits per heavy atom. The first kappa shape index (κ1) is 19.6. The molecule has 2 aromatic rings. The molecule has 0 saturated heterocycles. The summed E-state index contributed by atoms with van der Waals surface area (Å²) in [4.78, 5) is 32.4. The van der Waals surface area contributed by atoms with Crippen LogP contribution in [0.1, 0.15) is 37.2 Å². The van der Waals surface area contributed by atoms with Crippen molar-refractivity contribution in [3.05, 3.63) is 35.0 Å². The van der Waals surface area contributed by atoms with E-state index in [9.17, 15) is 9.00 Å². The molecule has 5 rings (SSSR count). The van der Waals surface area contributed by atoms with E-state index in [1.165, 1.54) is 0 Å². The van der Waals surface area contributed by atoms with Gasteiger partial charge in [-0.05, 0) is 31.3 Å². The minimum absolute atomic E-state index is 0.514. The summed E-state index contributed by atoms with van der Waals surface area (Å²) in [7, 11) is -1.13. The van der Waals surface area contributed by atoms with Crippen LogP contribution in [0.2, 0.25) is 5.02 Å². The number of fused-ring (bicyclic) bond motifs is 1. The molecule has 30 heavy (non-hydrogen) atoms. The third-order valence-corrected chi connectivity index (χ3v) is 7.57. The summed E-state index contributed by atoms with van der Waals surface area (Å²) in [6, 6.07) is 0. The van der Waals surface area contributed by atoms with E-state index in [1.807, 2.05) is 0 Å². The highest BCUT2D eigenvalue weighted by Gasteiger charge is 2.39. The number of anilines is 2. The molecule has 2 aromatic heterocycles. The largest absolute Gasteiger partial charge is 0.357 e. The summed E-state index contributed by atoms with van der Waals surface area (Å²) < 4.78 is 12.5. The molecule has 0 amide bonds. The molecule has 2 aliphatic heterocycles. The van der Waals surface area contributed by atoms with Crippen molar-refractivity contribution in [1.29, 1.82) is 0 Å². The standard InChI is InChI=1S/C20H21ClN6O2S/c21-14-10-22-17(23-11-14)13-2-7-27(8-3-13)19-24-15-4-9-30(29)16(15)18(25-19)26-20(12-28)5-1-6-20/h2,10-12H,1,3-9H2,(H,24,25,26)/t30-/m1/s1. The SMILES string of the molecule is O=CC1(Nc2nc(N3CC=C(c4ncc(Cl)cn4)CC3)nc3c2[S@](=O)CC3)CCC1. The number of carbonyl (C=O) groups is 1. The fourth-order valence-electron chi connectivity index (χ4n) is 4.01. The molecule has 4 heterocycles. The van der Waals surface area contributed by atoms with Gasteiger partial charge in [0.05, 0.1) is 27.1 Å². The molecule has 0 bridgehead atoms. The zero-order valence-corrected chi connectivity index (χ0v) is 17.9. The van der Waals surface area contributed by atoms with Gasteiger partial charge in [-0.3, -0.25) is 4.21 Å². The van der Waals surface area contributed by atoms with E-state index in [4.69, 9.17) is 21.6 Å². The summed E-state index contributed by atoms with van der Waals surface area (Å²) in [6.07, 6.45) is 10.2.